The van der Waals surface area contributed by atoms with Crippen LogP contribution in [0, 0.1) is 54.3 Å². The molecular formula is C55H70O6. The summed E-state index contributed by atoms with van der Waals surface area (Å²) in [5.41, 5.74) is 6.87. The van der Waals surface area contributed by atoms with E-state index in [0.29, 0.717) is 19.3 Å². The molecule has 0 radical (unpaired) electrons. The van der Waals surface area contributed by atoms with Crippen molar-refractivity contribution in [3.8, 4) is 11.5 Å². The molecule has 0 saturated heterocycles. The Morgan fingerprint density at radius 2 is 1.67 bits per heavy atom. The van der Waals surface area contributed by atoms with Gasteiger partial charge in [-0.15, -0.1) is 6.58 Å². The van der Waals surface area contributed by atoms with Crippen molar-refractivity contribution in [1.29, 1.82) is 0 Å². The van der Waals surface area contributed by atoms with Crippen LogP contribution in [0.15, 0.2) is 72.4 Å². The first kappa shape index (κ1) is 44.7. The fourth-order valence-corrected chi connectivity index (χ4v) is 11.6. The van der Waals surface area contributed by atoms with E-state index < -0.39 is 34.7 Å². The highest BCUT2D eigenvalue weighted by Gasteiger charge is 2.59. The van der Waals surface area contributed by atoms with E-state index in [9.17, 15) is 14.4 Å². The minimum absolute atomic E-state index is 0.00135. The van der Waals surface area contributed by atoms with Gasteiger partial charge in [-0.2, -0.15) is 0 Å². The molecule has 6 heteroatoms. The third-order valence-corrected chi connectivity index (χ3v) is 15.2. The summed E-state index contributed by atoms with van der Waals surface area (Å²) < 4.78 is 13.0. The molecule has 61 heavy (non-hydrogen) atoms. The molecule has 7 rings (SSSR count). The molecule has 5 aliphatic rings. The number of methoxy groups -OCH3 is 1. The minimum Gasteiger partial charge on any atom is -0.496 e. The van der Waals surface area contributed by atoms with Crippen LogP contribution in [0.4, 0.5) is 0 Å². The second kappa shape index (κ2) is 18.2. The Hall–Kier alpha value is -4.32. The third-order valence-electron chi connectivity index (χ3n) is 15.2. The van der Waals surface area contributed by atoms with Crippen LogP contribution in [-0.4, -0.2) is 36.3 Å². The highest BCUT2D eigenvalue weighted by atomic mass is 16.5. The maximum Gasteiger partial charge on any atom is 0.156 e. The van der Waals surface area contributed by atoms with Crippen molar-refractivity contribution in [3.63, 3.8) is 0 Å². The van der Waals surface area contributed by atoms with Crippen LogP contribution >= 0.6 is 0 Å². The van der Waals surface area contributed by atoms with Crippen LogP contribution in [0.5, 0.6) is 11.5 Å². The van der Waals surface area contributed by atoms with Gasteiger partial charge in [0.05, 0.1) is 7.11 Å². The average Bonchev–Trinajstić information content (AvgIpc) is 3.83. The van der Waals surface area contributed by atoms with Crippen molar-refractivity contribution in [2.24, 2.45) is 40.4 Å². The molecule has 4 fully saturated rings. The molecule has 0 aliphatic heterocycles. The zero-order chi connectivity index (χ0) is 43.8. The minimum atomic E-state index is -0.749. The number of hydrogen-bond donors (Lipinski definition) is 0. The first-order chi connectivity index (χ1) is 29.0. The van der Waals surface area contributed by atoms with Crippen LogP contribution in [0.25, 0.3) is 16.3 Å². The van der Waals surface area contributed by atoms with Gasteiger partial charge in [-0.05, 0) is 154 Å². The molecule has 0 spiro atoms. The monoisotopic (exact) mass is 827 g/mol. The molecular weight excluding hydrogens is 757 g/mol. The summed E-state index contributed by atoms with van der Waals surface area (Å²) in [5.74, 6) is 0.378. The van der Waals surface area contributed by atoms with Gasteiger partial charge in [-0.1, -0.05) is 88.0 Å². The van der Waals surface area contributed by atoms with E-state index in [1.807, 2.05) is 27.7 Å². The number of allylic oxidation sites excluding steroid dienone is 8. The van der Waals surface area contributed by atoms with E-state index in [1.54, 1.807) is 26.2 Å². The summed E-state index contributed by atoms with van der Waals surface area (Å²) in [4.78, 5) is 56.2. The number of rotatable bonds is 18. The van der Waals surface area contributed by atoms with Gasteiger partial charge in [0.2, 0.25) is 0 Å². The van der Waals surface area contributed by atoms with E-state index in [2.05, 4.69) is 50.4 Å². The Labute approximate surface area is 365 Å². The van der Waals surface area contributed by atoms with Crippen molar-refractivity contribution >= 4 is 39.5 Å². The Morgan fingerprint density at radius 3 is 2.31 bits per heavy atom. The normalized spacial score (nSPS) is 25.6. The number of hydrogen-bond acceptors (Lipinski definition) is 6. The van der Waals surface area contributed by atoms with Crippen molar-refractivity contribution in [3.05, 3.63) is 89.1 Å². The van der Waals surface area contributed by atoms with Crippen LogP contribution in [0.2, 0.25) is 0 Å². The Morgan fingerprint density at radius 1 is 0.967 bits per heavy atom. The topological polar surface area (TPSA) is 86.7 Å². The summed E-state index contributed by atoms with van der Waals surface area (Å²) in [6, 6.07) is 6.50. The van der Waals surface area contributed by atoms with E-state index in [1.165, 1.54) is 42.4 Å². The number of carbonyl (C=O) groups is 4. The summed E-state index contributed by atoms with van der Waals surface area (Å²) in [7, 11) is 1.71. The SMILES string of the molecule is C=CC1CC1(CC(=O)C1CC(Oc2cc(C3=CCC(CC(=C)CC4CCCC4)=C3)cc3c(C)c(OC)c(C)cc23)CC1C(=O)C(CC(=O)C=C1CCCC1)C(C)(C)C)C(C)=O. The predicted octanol–water partition coefficient (Wildman–Crippen LogP) is 12.9. The summed E-state index contributed by atoms with van der Waals surface area (Å²) >= 11 is 0. The fraction of sp³-hybridized carbons (Fsp3) is 0.564. The van der Waals surface area contributed by atoms with Gasteiger partial charge in [0.1, 0.15) is 35.0 Å². The van der Waals surface area contributed by atoms with Gasteiger partial charge in [0, 0.05) is 41.4 Å². The Bertz CT molecular complexity index is 2190. The lowest BCUT2D eigenvalue weighted by molar-refractivity contribution is -0.138. The Kier molecular flexibility index (Phi) is 13.3. The number of carbonyl (C=O) groups excluding carboxylic acids is 4. The number of ether oxygens (including phenoxy) is 2. The lowest BCUT2D eigenvalue weighted by atomic mass is 9.69. The summed E-state index contributed by atoms with van der Waals surface area (Å²) in [6.45, 7) is 20.2. The van der Waals surface area contributed by atoms with Crippen molar-refractivity contribution in [2.75, 3.05) is 7.11 Å². The van der Waals surface area contributed by atoms with Gasteiger partial charge < -0.3 is 9.47 Å². The van der Waals surface area contributed by atoms with Crippen molar-refractivity contribution in [1.82, 2.24) is 0 Å². The van der Waals surface area contributed by atoms with Crippen LogP contribution in [0.1, 0.15) is 147 Å². The number of Topliss-reactive ketones (excluding diaryl/α,β-unsaturated/α-hetero) is 3. The fourth-order valence-electron chi connectivity index (χ4n) is 11.6. The van der Waals surface area contributed by atoms with E-state index >= 15 is 4.79 Å². The third kappa shape index (κ3) is 9.69. The van der Waals surface area contributed by atoms with Crippen molar-refractivity contribution in [2.45, 2.75) is 150 Å². The maximum absolute atomic E-state index is 15.0. The molecule has 4 saturated carbocycles. The number of ketones is 4. The molecule has 2 aromatic rings. The van der Waals surface area contributed by atoms with E-state index in [4.69, 9.17) is 9.47 Å². The van der Waals surface area contributed by atoms with Crippen LogP contribution in [0.3, 0.4) is 0 Å². The molecule has 6 atom stereocenters. The molecule has 0 aromatic heterocycles. The molecule has 0 bridgehead atoms. The lowest BCUT2D eigenvalue weighted by Crippen LogP contribution is -2.38. The van der Waals surface area contributed by atoms with Gasteiger partial charge in [0.25, 0.3) is 0 Å². The predicted molar refractivity (Wildman–Crippen MR) is 247 cm³/mol. The molecule has 0 heterocycles. The van der Waals surface area contributed by atoms with Gasteiger partial charge in [-0.3, -0.25) is 19.2 Å². The zero-order valence-electron chi connectivity index (χ0n) is 38.2. The van der Waals surface area contributed by atoms with Crippen LogP contribution in [-0.2, 0) is 19.2 Å². The van der Waals surface area contributed by atoms with Gasteiger partial charge >= 0.3 is 0 Å². The molecule has 326 valence electrons. The maximum atomic E-state index is 15.0. The standard InChI is InChI=1S/C55H70O6/c1-10-42-31-55(42,36(5)56)32-50(58)46-29-44(30-48(46)52(59)49(54(6,7)8)28-43(57)25-38-17-13-14-18-38)61-51-27-41(26-45-35(4)53(60-9)34(3)23-47(45)51)40-20-19-39(24-40)22-33(2)21-37-15-11-12-16-37/h10,20,23-27,37,42,44,46,48-49H,1-2,11-19,21-22,28-32H2,3-9H3. The summed E-state index contributed by atoms with van der Waals surface area (Å²) in [5, 5.41) is 2.00. The highest BCUT2D eigenvalue weighted by molar-refractivity contribution is 6.00. The molecule has 6 unspecified atom stereocenters. The second-order valence-corrected chi connectivity index (χ2v) is 20.7. The first-order valence-electron chi connectivity index (χ1n) is 23.3. The quantitative estimate of drug-likeness (QED) is 0.110. The number of aryl methyl sites for hydroxylation is 2. The highest BCUT2D eigenvalue weighted by Crippen LogP contribution is 2.58. The Balaban J connectivity index is 1.21. The van der Waals surface area contributed by atoms with Crippen LogP contribution < -0.4 is 9.47 Å². The smallest absolute Gasteiger partial charge is 0.156 e. The average molecular weight is 827 g/mol. The molecule has 0 N–H and O–H groups in total. The molecule has 0 amide bonds. The zero-order valence-corrected chi connectivity index (χ0v) is 38.2. The van der Waals surface area contributed by atoms with Gasteiger partial charge in [0.15, 0.2) is 5.78 Å². The summed E-state index contributed by atoms with van der Waals surface area (Å²) in [6.07, 6.45) is 21.6. The van der Waals surface area contributed by atoms with E-state index in [-0.39, 0.29) is 41.9 Å². The second-order valence-electron chi connectivity index (χ2n) is 20.7. The molecule has 2 aromatic carbocycles. The van der Waals surface area contributed by atoms with Crippen molar-refractivity contribution < 1.29 is 28.7 Å². The molecule has 5 aliphatic carbocycles. The number of fused-ring (bicyclic) bond motifs is 1. The number of benzene rings is 2. The van der Waals surface area contributed by atoms with E-state index in [0.717, 1.165) is 95.4 Å². The van der Waals surface area contributed by atoms with Gasteiger partial charge in [-0.25, -0.2) is 0 Å². The first-order valence-corrected chi connectivity index (χ1v) is 23.3. The molecule has 6 nitrogen and oxygen atoms in total. The largest absolute Gasteiger partial charge is 0.496 e. The lowest BCUT2D eigenvalue weighted by Gasteiger charge is -2.32.